The maximum absolute atomic E-state index is 13.4. The number of nitrogens with zero attached hydrogens (tertiary/aromatic N) is 3. The standard InChI is InChI=1S/C16H16FN3O3S/c1-11(2)14-9-19-15(23-14)10-24(21,22)16-18-6-7-20(16)13-5-3-4-12(17)8-13/h3-9,11H,10H2,1-2H3. The highest BCUT2D eigenvalue weighted by atomic mass is 32.2. The fourth-order valence-corrected chi connectivity index (χ4v) is 3.50. The number of hydrogen-bond acceptors (Lipinski definition) is 5. The van der Waals surface area contributed by atoms with Crippen LogP contribution in [0.25, 0.3) is 5.69 Å². The maximum atomic E-state index is 13.4. The van der Waals surface area contributed by atoms with Crippen molar-refractivity contribution in [2.45, 2.75) is 30.7 Å². The second-order valence-electron chi connectivity index (χ2n) is 5.63. The Bertz CT molecular complexity index is 960. The zero-order chi connectivity index (χ0) is 17.3. The van der Waals surface area contributed by atoms with Crippen molar-refractivity contribution in [2.24, 2.45) is 0 Å². The van der Waals surface area contributed by atoms with Gasteiger partial charge in [0.15, 0.2) is 0 Å². The summed E-state index contributed by atoms with van der Waals surface area (Å²) in [5, 5.41) is -0.183. The molecule has 126 valence electrons. The van der Waals surface area contributed by atoms with E-state index in [4.69, 9.17) is 4.42 Å². The average molecular weight is 349 g/mol. The molecular weight excluding hydrogens is 333 g/mol. The fraction of sp³-hybridized carbons (Fsp3) is 0.250. The van der Waals surface area contributed by atoms with Crippen LogP contribution in [0.15, 0.2) is 52.4 Å². The largest absolute Gasteiger partial charge is 0.444 e. The molecular formula is C16H16FN3O3S. The van der Waals surface area contributed by atoms with Crippen LogP contribution >= 0.6 is 0 Å². The highest BCUT2D eigenvalue weighted by Crippen LogP contribution is 2.21. The number of imidazole rings is 1. The Morgan fingerprint density at radius 2 is 2.08 bits per heavy atom. The molecule has 8 heteroatoms. The molecule has 0 saturated carbocycles. The summed E-state index contributed by atoms with van der Waals surface area (Å²) in [6.45, 7) is 3.85. The van der Waals surface area contributed by atoms with E-state index in [1.807, 2.05) is 13.8 Å². The molecule has 0 atom stereocenters. The van der Waals surface area contributed by atoms with Gasteiger partial charge in [0.1, 0.15) is 17.3 Å². The first-order chi connectivity index (χ1) is 11.4. The van der Waals surface area contributed by atoms with Gasteiger partial charge in [0.05, 0.1) is 11.9 Å². The molecule has 6 nitrogen and oxygen atoms in total. The summed E-state index contributed by atoms with van der Waals surface area (Å²) in [6, 6.07) is 5.63. The molecule has 0 N–H and O–H groups in total. The van der Waals surface area contributed by atoms with Gasteiger partial charge in [-0.05, 0) is 18.2 Å². The lowest BCUT2D eigenvalue weighted by Gasteiger charge is -2.07. The number of sulfone groups is 1. The van der Waals surface area contributed by atoms with Crippen molar-refractivity contribution in [3.05, 3.63) is 60.3 Å². The Morgan fingerprint density at radius 1 is 1.29 bits per heavy atom. The lowest BCUT2D eigenvalue weighted by Crippen LogP contribution is -2.12. The summed E-state index contributed by atoms with van der Waals surface area (Å²) in [6.07, 6.45) is 4.35. The smallest absolute Gasteiger partial charge is 0.232 e. The number of hydrogen-bond donors (Lipinski definition) is 0. The number of halogens is 1. The summed E-state index contributed by atoms with van der Waals surface area (Å²) in [5.74, 6) is -0.0327. The van der Waals surface area contributed by atoms with Gasteiger partial charge in [0, 0.05) is 18.3 Å². The van der Waals surface area contributed by atoms with E-state index in [2.05, 4.69) is 9.97 Å². The van der Waals surface area contributed by atoms with Gasteiger partial charge in [-0.1, -0.05) is 19.9 Å². The number of oxazole rings is 1. The first-order valence-electron chi connectivity index (χ1n) is 7.33. The quantitative estimate of drug-likeness (QED) is 0.707. The molecule has 0 radical (unpaired) electrons. The Kier molecular flexibility index (Phi) is 4.23. The van der Waals surface area contributed by atoms with Crippen molar-refractivity contribution in [1.29, 1.82) is 0 Å². The van der Waals surface area contributed by atoms with Crippen molar-refractivity contribution < 1.29 is 17.2 Å². The van der Waals surface area contributed by atoms with Gasteiger partial charge in [-0.15, -0.1) is 0 Å². The van der Waals surface area contributed by atoms with E-state index in [9.17, 15) is 12.8 Å². The third-order valence-electron chi connectivity index (χ3n) is 3.43. The molecule has 3 rings (SSSR count). The van der Waals surface area contributed by atoms with E-state index in [1.165, 1.54) is 41.4 Å². The van der Waals surface area contributed by atoms with Crippen molar-refractivity contribution in [2.75, 3.05) is 0 Å². The van der Waals surface area contributed by atoms with E-state index in [0.717, 1.165) is 0 Å². The van der Waals surface area contributed by atoms with Gasteiger partial charge < -0.3 is 4.42 Å². The molecule has 0 fully saturated rings. The lowest BCUT2D eigenvalue weighted by molar-refractivity contribution is 0.449. The minimum absolute atomic E-state index is 0.104. The maximum Gasteiger partial charge on any atom is 0.232 e. The predicted octanol–water partition coefficient (Wildman–Crippen LogP) is 3.10. The Labute approximate surface area is 138 Å². The molecule has 24 heavy (non-hydrogen) atoms. The third kappa shape index (κ3) is 3.23. The van der Waals surface area contributed by atoms with Gasteiger partial charge in [-0.2, -0.15) is 0 Å². The Balaban J connectivity index is 1.95. The summed E-state index contributed by atoms with van der Waals surface area (Å²) in [4.78, 5) is 7.92. The van der Waals surface area contributed by atoms with Crippen LogP contribution in [0, 0.1) is 5.82 Å². The number of aromatic nitrogens is 3. The van der Waals surface area contributed by atoms with Crippen LogP contribution in [0.1, 0.15) is 31.4 Å². The van der Waals surface area contributed by atoms with Crippen LogP contribution < -0.4 is 0 Å². The molecule has 0 saturated heterocycles. The topological polar surface area (TPSA) is 78.0 Å². The van der Waals surface area contributed by atoms with Crippen LogP contribution in [0.2, 0.25) is 0 Å². The summed E-state index contributed by atoms with van der Waals surface area (Å²) in [7, 11) is -3.80. The van der Waals surface area contributed by atoms with E-state index in [-0.39, 0.29) is 17.0 Å². The van der Waals surface area contributed by atoms with Crippen molar-refractivity contribution in [1.82, 2.24) is 14.5 Å². The molecule has 0 spiro atoms. The van der Waals surface area contributed by atoms with Gasteiger partial charge in [0.25, 0.3) is 0 Å². The fourth-order valence-electron chi connectivity index (χ4n) is 2.23. The van der Waals surface area contributed by atoms with Gasteiger partial charge in [-0.25, -0.2) is 22.8 Å². The molecule has 0 amide bonds. The minimum atomic E-state index is -3.80. The van der Waals surface area contributed by atoms with Gasteiger partial charge in [0.2, 0.25) is 20.9 Å². The van der Waals surface area contributed by atoms with Gasteiger partial charge >= 0.3 is 0 Å². The highest BCUT2D eigenvalue weighted by molar-refractivity contribution is 7.90. The molecule has 0 unspecified atom stereocenters. The molecule has 0 aliphatic heterocycles. The Morgan fingerprint density at radius 3 is 2.75 bits per heavy atom. The summed E-state index contributed by atoms with van der Waals surface area (Å²) < 4.78 is 45.5. The predicted molar refractivity (Wildman–Crippen MR) is 85.0 cm³/mol. The molecule has 3 aromatic rings. The first-order valence-corrected chi connectivity index (χ1v) is 8.98. The number of rotatable bonds is 5. The van der Waals surface area contributed by atoms with Crippen LogP contribution in [-0.4, -0.2) is 23.0 Å². The van der Waals surface area contributed by atoms with Crippen LogP contribution in [0.4, 0.5) is 4.39 Å². The van der Waals surface area contributed by atoms with Crippen molar-refractivity contribution >= 4 is 9.84 Å². The monoisotopic (exact) mass is 349 g/mol. The molecule has 0 aliphatic rings. The Hall–Kier alpha value is -2.48. The average Bonchev–Trinajstić information content (AvgIpc) is 3.15. The second kappa shape index (κ2) is 6.20. The van der Waals surface area contributed by atoms with E-state index >= 15 is 0 Å². The zero-order valence-corrected chi connectivity index (χ0v) is 14.0. The summed E-state index contributed by atoms with van der Waals surface area (Å²) in [5.41, 5.74) is 0.376. The third-order valence-corrected chi connectivity index (χ3v) is 4.91. The highest BCUT2D eigenvalue weighted by Gasteiger charge is 2.25. The van der Waals surface area contributed by atoms with Crippen LogP contribution in [0.5, 0.6) is 0 Å². The first kappa shape index (κ1) is 16.4. The molecule has 0 bridgehead atoms. The molecule has 0 aliphatic carbocycles. The van der Waals surface area contributed by atoms with E-state index in [0.29, 0.717) is 11.4 Å². The molecule has 2 aromatic heterocycles. The summed E-state index contributed by atoms with van der Waals surface area (Å²) >= 11 is 0. The van der Waals surface area contributed by atoms with Crippen molar-refractivity contribution in [3.63, 3.8) is 0 Å². The zero-order valence-electron chi connectivity index (χ0n) is 13.2. The van der Waals surface area contributed by atoms with Crippen LogP contribution in [-0.2, 0) is 15.6 Å². The lowest BCUT2D eigenvalue weighted by atomic mass is 10.2. The number of benzene rings is 1. The normalized spacial score (nSPS) is 12.0. The second-order valence-corrected chi connectivity index (χ2v) is 7.51. The van der Waals surface area contributed by atoms with E-state index in [1.54, 1.807) is 6.07 Å². The molecule has 1 aromatic carbocycles. The van der Waals surface area contributed by atoms with Gasteiger partial charge in [-0.3, -0.25) is 4.57 Å². The van der Waals surface area contributed by atoms with E-state index < -0.39 is 21.4 Å². The van der Waals surface area contributed by atoms with Crippen LogP contribution in [0.3, 0.4) is 0 Å². The van der Waals surface area contributed by atoms with Crippen molar-refractivity contribution in [3.8, 4) is 5.69 Å². The molecule has 2 heterocycles. The SMILES string of the molecule is CC(C)c1cnc(CS(=O)(=O)c2nccn2-c2cccc(F)c2)o1. The minimum Gasteiger partial charge on any atom is -0.444 e.